The number of aromatic nitrogens is 1. The summed E-state index contributed by atoms with van der Waals surface area (Å²) >= 11 is 5.60. The summed E-state index contributed by atoms with van der Waals surface area (Å²) < 4.78 is 0. The Kier molecular flexibility index (Phi) is 4.91. The normalized spacial score (nSPS) is 20.4. The maximum Gasteiger partial charge on any atom is 0.169 e. The van der Waals surface area contributed by atoms with Crippen LogP contribution in [0.15, 0.2) is 24.5 Å². The van der Waals surface area contributed by atoms with Crippen LogP contribution in [0.5, 0.6) is 0 Å². The van der Waals surface area contributed by atoms with Gasteiger partial charge in [0.05, 0.1) is 0 Å². The minimum atomic E-state index is 0.606. The number of piperazine rings is 1. The highest BCUT2D eigenvalue weighted by atomic mass is 32.1. The maximum absolute atomic E-state index is 5.60. The van der Waals surface area contributed by atoms with Crippen molar-refractivity contribution in [1.82, 2.24) is 10.2 Å². The van der Waals surface area contributed by atoms with E-state index in [1.807, 2.05) is 12.4 Å². The number of nitrogens with zero attached hydrogens (tertiary/aromatic N) is 2. The van der Waals surface area contributed by atoms with Gasteiger partial charge in [0, 0.05) is 50.0 Å². The van der Waals surface area contributed by atoms with Crippen molar-refractivity contribution in [2.24, 2.45) is 0 Å². The largest absolute Gasteiger partial charge is 0.368 e. The quantitative estimate of drug-likeness (QED) is 0.845. The van der Waals surface area contributed by atoms with E-state index < -0.39 is 0 Å². The Labute approximate surface area is 132 Å². The molecule has 4 nitrogen and oxygen atoms in total. The lowest BCUT2D eigenvalue weighted by atomic mass is 9.96. The molecule has 0 atom stereocenters. The summed E-state index contributed by atoms with van der Waals surface area (Å²) in [7, 11) is 0. The Morgan fingerprint density at radius 3 is 2.38 bits per heavy atom. The molecule has 21 heavy (non-hydrogen) atoms. The predicted octanol–water partition coefficient (Wildman–Crippen LogP) is 1.83. The second-order valence-corrected chi connectivity index (χ2v) is 6.40. The van der Waals surface area contributed by atoms with E-state index in [0.717, 1.165) is 31.3 Å². The van der Waals surface area contributed by atoms with Gasteiger partial charge in [-0.1, -0.05) is 19.3 Å². The molecule has 5 heteroatoms. The number of pyridine rings is 1. The van der Waals surface area contributed by atoms with Crippen LogP contribution in [0.2, 0.25) is 0 Å². The molecule has 1 saturated heterocycles. The van der Waals surface area contributed by atoms with E-state index in [1.54, 1.807) is 0 Å². The minimum absolute atomic E-state index is 0.606. The van der Waals surface area contributed by atoms with E-state index in [0.29, 0.717) is 6.04 Å². The van der Waals surface area contributed by atoms with Crippen LogP contribution in [0.25, 0.3) is 0 Å². The third kappa shape index (κ3) is 3.84. The monoisotopic (exact) mass is 305 g/mol. The highest BCUT2D eigenvalue weighted by Gasteiger charge is 2.21. The molecular weight excluding hydrogens is 280 g/mol. The van der Waals surface area contributed by atoms with Crippen LogP contribution >= 0.6 is 12.2 Å². The lowest BCUT2D eigenvalue weighted by molar-refractivity contribution is -0.377. The number of anilines is 1. The SMILES string of the molecule is S=C(NC1CCCCC1)N1CCN(c2cc[nH+]cc2)CC1. The lowest BCUT2D eigenvalue weighted by Crippen LogP contribution is -2.53. The summed E-state index contributed by atoms with van der Waals surface area (Å²) in [5.41, 5.74) is 1.29. The summed E-state index contributed by atoms with van der Waals surface area (Å²) in [4.78, 5) is 7.83. The zero-order chi connectivity index (χ0) is 14.5. The van der Waals surface area contributed by atoms with Gasteiger partial charge < -0.3 is 15.1 Å². The Morgan fingerprint density at radius 1 is 1.05 bits per heavy atom. The minimum Gasteiger partial charge on any atom is -0.368 e. The molecule has 3 rings (SSSR count). The first-order chi connectivity index (χ1) is 10.3. The topological polar surface area (TPSA) is 32.6 Å². The average molecular weight is 305 g/mol. The van der Waals surface area contributed by atoms with Crippen molar-refractivity contribution in [3.63, 3.8) is 0 Å². The second kappa shape index (κ2) is 7.07. The van der Waals surface area contributed by atoms with Crippen molar-refractivity contribution in [3.05, 3.63) is 24.5 Å². The van der Waals surface area contributed by atoms with Gasteiger partial charge in [-0.05, 0) is 25.1 Å². The van der Waals surface area contributed by atoms with Gasteiger partial charge in [0.15, 0.2) is 17.5 Å². The Morgan fingerprint density at radius 2 is 1.71 bits per heavy atom. The fourth-order valence-corrected chi connectivity index (χ4v) is 3.62. The van der Waals surface area contributed by atoms with Crippen LogP contribution in [0.3, 0.4) is 0 Å². The molecule has 1 aromatic heterocycles. The van der Waals surface area contributed by atoms with Crippen molar-refractivity contribution in [2.75, 3.05) is 31.1 Å². The fraction of sp³-hybridized carbons (Fsp3) is 0.625. The summed E-state index contributed by atoms with van der Waals surface area (Å²) in [6.07, 6.45) is 10.6. The van der Waals surface area contributed by atoms with Crippen LogP contribution in [-0.2, 0) is 0 Å². The first-order valence-electron chi connectivity index (χ1n) is 8.09. The first kappa shape index (κ1) is 14.6. The molecule has 0 spiro atoms. The van der Waals surface area contributed by atoms with Gasteiger partial charge in [-0.2, -0.15) is 0 Å². The lowest BCUT2D eigenvalue weighted by Gasteiger charge is -2.38. The summed E-state index contributed by atoms with van der Waals surface area (Å²) in [6, 6.07) is 4.87. The average Bonchev–Trinajstić information content (AvgIpc) is 2.57. The summed E-state index contributed by atoms with van der Waals surface area (Å²) in [5, 5.41) is 4.54. The molecule has 1 saturated carbocycles. The molecule has 0 radical (unpaired) electrons. The smallest absolute Gasteiger partial charge is 0.169 e. The predicted molar refractivity (Wildman–Crippen MR) is 89.4 cm³/mol. The van der Waals surface area contributed by atoms with Gasteiger partial charge in [-0.3, -0.25) is 0 Å². The molecular formula is C16H25N4S+. The number of thiocarbonyl (C=S) groups is 1. The number of nitrogens with one attached hydrogen (secondary N) is 2. The fourth-order valence-electron chi connectivity index (χ4n) is 3.27. The van der Waals surface area contributed by atoms with Crippen LogP contribution in [0.4, 0.5) is 5.69 Å². The van der Waals surface area contributed by atoms with E-state index >= 15 is 0 Å². The molecule has 0 bridgehead atoms. The summed E-state index contributed by atoms with van der Waals surface area (Å²) in [5.74, 6) is 0. The Balaban J connectivity index is 1.47. The first-order valence-corrected chi connectivity index (χ1v) is 8.50. The molecule has 0 unspecified atom stereocenters. The third-order valence-electron chi connectivity index (χ3n) is 4.57. The van der Waals surface area contributed by atoms with Crippen molar-refractivity contribution in [3.8, 4) is 0 Å². The highest BCUT2D eigenvalue weighted by Crippen LogP contribution is 2.18. The molecule has 1 aliphatic carbocycles. The molecule has 2 fully saturated rings. The summed E-state index contributed by atoms with van der Waals surface area (Å²) in [6.45, 7) is 4.10. The maximum atomic E-state index is 5.60. The number of hydrogen-bond donors (Lipinski definition) is 1. The van der Waals surface area contributed by atoms with Crippen LogP contribution in [0.1, 0.15) is 32.1 Å². The van der Waals surface area contributed by atoms with Gasteiger partial charge >= 0.3 is 0 Å². The number of hydrogen-bond acceptors (Lipinski definition) is 2. The van der Waals surface area contributed by atoms with Crippen molar-refractivity contribution in [1.29, 1.82) is 0 Å². The van der Waals surface area contributed by atoms with Gasteiger partial charge in [0.2, 0.25) is 0 Å². The Bertz CT molecular complexity index is 451. The number of H-pyrrole nitrogens is 1. The van der Waals surface area contributed by atoms with E-state index in [2.05, 4.69) is 32.2 Å². The molecule has 1 aliphatic heterocycles. The molecule has 2 heterocycles. The van der Waals surface area contributed by atoms with Crippen molar-refractivity contribution >= 4 is 23.0 Å². The van der Waals surface area contributed by atoms with Crippen LogP contribution in [-0.4, -0.2) is 42.2 Å². The molecule has 2 N–H and O–H groups in total. The van der Waals surface area contributed by atoms with Crippen LogP contribution < -0.4 is 15.2 Å². The van der Waals surface area contributed by atoms with Gasteiger partial charge in [-0.15, -0.1) is 0 Å². The Hall–Kier alpha value is -1.36. The molecule has 0 aromatic carbocycles. The molecule has 2 aliphatic rings. The van der Waals surface area contributed by atoms with E-state index in [9.17, 15) is 0 Å². The number of rotatable bonds is 2. The van der Waals surface area contributed by atoms with Gasteiger partial charge in [0.1, 0.15) is 0 Å². The standard InChI is InChI=1S/C16H24N4S/c21-16(18-14-4-2-1-3-5-14)20-12-10-19(11-13-20)15-6-8-17-9-7-15/h6-9,14H,1-5,10-13H2,(H,18,21)/p+1. The third-order valence-corrected chi connectivity index (χ3v) is 4.94. The molecule has 114 valence electrons. The van der Waals surface area contributed by atoms with E-state index in [1.165, 1.54) is 37.8 Å². The van der Waals surface area contributed by atoms with Gasteiger partial charge in [-0.25, -0.2) is 4.98 Å². The van der Waals surface area contributed by atoms with E-state index in [-0.39, 0.29) is 0 Å². The number of aromatic amines is 1. The zero-order valence-electron chi connectivity index (χ0n) is 12.6. The van der Waals surface area contributed by atoms with Crippen molar-refractivity contribution < 1.29 is 4.98 Å². The van der Waals surface area contributed by atoms with Gasteiger partial charge in [0.25, 0.3) is 0 Å². The molecule has 0 amide bonds. The molecule has 1 aromatic rings. The zero-order valence-corrected chi connectivity index (χ0v) is 13.4. The highest BCUT2D eigenvalue weighted by molar-refractivity contribution is 7.80. The van der Waals surface area contributed by atoms with E-state index in [4.69, 9.17) is 12.2 Å². The van der Waals surface area contributed by atoms with Crippen LogP contribution in [0, 0.1) is 0 Å². The second-order valence-electron chi connectivity index (χ2n) is 6.02. The van der Waals surface area contributed by atoms with Crippen molar-refractivity contribution in [2.45, 2.75) is 38.1 Å².